The van der Waals surface area contributed by atoms with Crippen LogP contribution in [0.5, 0.6) is 0 Å². The van der Waals surface area contributed by atoms with E-state index in [-0.39, 0.29) is 11.5 Å². The van der Waals surface area contributed by atoms with Gasteiger partial charge in [-0.15, -0.1) is 0 Å². The Morgan fingerprint density at radius 3 is 2.11 bits per heavy atom. The Hall–Kier alpha value is -2.30. The number of carbonyl (C=O) groups is 2. The summed E-state index contributed by atoms with van der Waals surface area (Å²) in [5.74, 6) is -1.24. The van der Waals surface area contributed by atoms with Crippen LogP contribution in [0.1, 0.15) is 24.2 Å². The molecule has 0 amide bonds. The van der Waals surface area contributed by atoms with E-state index in [9.17, 15) is 9.59 Å². The summed E-state index contributed by atoms with van der Waals surface area (Å²) in [6.07, 6.45) is 0. The molecule has 1 aromatic rings. The number of rotatable bonds is 3. The number of aromatic carboxylic acids is 1. The maximum atomic E-state index is 10.4. The molecule has 0 unspecified atom stereocenters. The topological polar surface area (TPSA) is 89.6 Å². The van der Waals surface area contributed by atoms with Gasteiger partial charge in [-0.2, -0.15) is 0 Å². The SMILES string of the molecule is C=C(C)C(=O)OCC.Nc1ccc(C(=O)O)cc1. The van der Waals surface area contributed by atoms with Gasteiger partial charge >= 0.3 is 11.9 Å². The summed E-state index contributed by atoms with van der Waals surface area (Å²) in [5, 5.41) is 8.43. The summed E-state index contributed by atoms with van der Waals surface area (Å²) < 4.78 is 4.56. The van der Waals surface area contributed by atoms with E-state index in [1.54, 1.807) is 26.0 Å². The molecule has 1 aromatic carbocycles. The van der Waals surface area contributed by atoms with E-state index in [1.165, 1.54) is 12.1 Å². The molecule has 0 aliphatic heterocycles. The molecule has 0 atom stereocenters. The summed E-state index contributed by atoms with van der Waals surface area (Å²) in [7, 11) is 0. The number of hydrogen-bond acceptors (Lipinski definition) is 4. The van der Waals surface area contributed by atoms with Gasteiger partial charge in [0.2, 0.25) is 0 Å². The minimum Gasteiger partial charge on any atom is -0.478 e. The zero-order valence-corrected chi connectivity index (χ0v) is 10.5. The third-order valence-corrected chi connectivity index (χ3v) is 1.78. The van der Waals surface area contributed by atoms with Crippen LogP contribution in [0.15, 0.2) is 36.4 Å². The van der Waals surface area contributed by atoms with Crippen LogP contribution in [0.3, 0.4) is 0 Å². The van der Waals surface area contributed by atoms with E-state index < -0.39 is 5.97 Å². The fraction of sp³-hybridized carbons (Fsp3) is 0.231. The molecule has 98 valence electrons. The fourth-order valence-electron chi connectivity index (χ4n) is 0.880. The molecule has 0 saturated carbocycles. The molecule has 0 fully saturated rings. The molecule has 5 heteroatoms. The van der Waals surface area contributed by atoms with Crippen molar-refractivity contribution < 1.29 is 19.4 Å². The Morgan fingerprint density at radius 2 is 1.83 bits per heavy atom. The maximum absolute atomic E-state index is 10.4. The highest BCUT2D eigenvalue weighted by Crippen LogP contribution is 2.04. The number of esters is 1. The van der Waals surface area contributed by atoms with Crippen molar-refractivity contribution in [1.29, 1.82) is 0 Å². The summed E-state index contributed by atoms with van der Waals surface area (Å²) in [4.78, 5) is 20.7. The molecule has 0 heterocycles. The van der Waals surface area contributed by atoms with Gasteiger partial charge in [0, 0.05) is 11.3 Å². The third kappa shape index (κ3) is 6.32. The highest BCUT2D eigenvalue weighted by atomic mass is 16.5. The zero-order chi connectivity index (χ0) is 14.1. The first-order chi connectivity index (χ1) is 8.38. The molecule has 0 bridgehead atoms. The summed E-state index contributed by atoms with van der Waals surface area (Å²) in [6.45, 7) is 7.21. The Bertz CT molecular complexity index is 423. The Morgan fingerprint density at radius 1 is 1.33 bits per heavy atom. The number of carboxylic acids is 1. The average molecular weight is 251 g/mol. The predicted molar refractivity (Wildman–Crippen MR) is 69.3 cm³/mol. The normalized spacial score (nSPS) is 8.78. The fourth-order valence-corrected chi connectivity index (χ4v) is 0.880. The summed E-state index contributed by atoms with van der Waals surface area (Å²) in [5.41, 5.74) is 6.62. The molecule has 0 aliphatic rings. The average Bonchev–Trinajstić information content (AvgIpc) is 2.30. The second-order valence-corrected chi connectivity index (χ2v) is 3.43. The smallest absolute Gasteiger partial charge is 0.335 e. The molecular formula is C13H17NO4. The first-order valence-electron chi connectivity index (χ1n) is 5.30. The molecule has 0 saturated heterocycles. The second-order valence-electron chi connectivity index (χ2n) is 3.43. The van der Waals surface area contributed by atoms with Gasteiger partial charge in [0.05, 0.1) is 12.2 Å². The standard InChI is InChI=1S/C7H7NO2.C6H10O2/c8-6-3-1-5(2-4-6)7(9)10;1-4-8-6(7)5(2)3/h1-4H,8H2,(H,9,10);2,4H2,1,3H3. The first-order valence-corrected chi connectivity index (χ1v) is 5.30. The second kappa shape index (κ2) is 7.89. The van der Waals surface area contributed by atoms with Crippen LogP contribution in [0.25, 0.3) is 0 Å². The number of nitrogens with two attached hydrogens (primary N) is 1. The number of benzene rings is 1. The van der Waals surface area contributed by atoms with Crippen molar-refractivity contribution in [3.63, 3.8) is 0 Å². The van der Waals surface area contributed by atoms with Crippen LogP contribution in [-0.2, 0) is 9.53 Å². The van der Waals surface area contributed by atoms with Crippen molar-refractivity contribution in [1.82, 2.24) is 0 Å². The lowest BCUT2D eigenvalue weighted by atomic mass is 10.2. The molecule has 1 rings (SSSR count). The number of anilines is 1. The lowest BCUT2D eigenvalue weighted by Gasteiger charge is -1.96. The molecule has 3 N–H and O–H groups in total. The number of hydrogen-bond donors (Lipinski definition) is 2. The Kier molecular flexibility index (Phi) is 6.88. The molecule has 0 aliphatic carbocycles. The highest BCUT2D eigenvalue weighted by molar-refractivity contribution is 5.88. The van der Waals surface area contributed by atoms with Gasteiger partial charge in [-0.05, 0) is 38.1 Å². The van der Waals surface area contributed by atoms with Gasteiger partial charge in [0.1, 0.15) is 0 Å². The van der Waals surface area contributed by atoms with Crippen molar-refractivity contribution in [2.45, 2.75) is 13.8 Å². The summed E-state index contributed by atoms with van der Waals surface area (Å²) >= 11 is 0. The quantitative estimate of drug-likeness (QED) is 0.487. The van der Waals surface area contributed by atoms with Gasteiger partial charge in [-0.25, -0.2) is 9.59 Å². The molecule has 18 heavy (non-hydrogen) atoms. The van der Waals surface area contributed by atoms with Crippen molar-refractivity contribution >= 4 is 17.6 Å². The zero-order valence-electron chi connectivity index (χ0n) is 10.5. The van der Waals surface area contributed by atoms with Gasteiger partial charge in [0.25, 0.3) is 0 Å². The largest absolute Gasteiger partial charge is 0.478 e. The molecule has 0 spiro atoms. The molecular weight excluding hydrogens is 234 g/mol. The van der Waals surface area contributed by atoms with Crippen LogP contribution >= 0.6 is 0 Å². The van der Waals surface area contributed by atoms with Crippen molar-refractivity contribution in [2.24, 2.45) is 0 Å². The van der Waals surface area contributed by atoms with Crippen LogP contribution in [0.4, 0.5) is 5.69 Å². The first kappa shape index (κ1) is 15.7. The summed E-state index contributed by atoms with van der Waals surface area (Å²) in [6, 6.07) is 6.06. The number of nitrogen functional groups attached to an aromatic ring is 1. The van der Waals surface area contributed by atoms with E-state index in [1.807, 2.05) is 0 Å². The van der Waals surface area contributed by atoms with Crippen molar-refractivity contribution in [3.8, 4) is 0 Å². The van der Waals surface area contributed by atoms with Crippen LogP contribution in [-0.4, -0.2) is 23.7 Å². The molecule has 0 aromatic heterocycles. The van der Waals surface area contributed by atoms with Gasteiger partial charge in [-0.3, -0.25) is 0 Å². The minimum absolute atomic E-state index is 0.259. The maximum Gasteiger partial charge on any atom is 0.335 e. The van der Waals surface area contributed by atoms with Gasteiger partial charge in [0.15, 0.2) is 0 Å². The predicted octanol–water partition coefficient (Wildman–Crippen LogP) is 2.09. The van der Waals surface area contributed by atoms with E-state index in [0.29, 0.717) is 17.9 Å². The van der Waals surface area contributed by atoms with E-state index in [4.69, 9.17) is 10.8 Å². The number of ether oxygens (including phenoxy) is 1. The number of carboxylic acid groups (broad SMARTS) is 1. The van der Waals surface area contributed by atoms with Crippen molar-refractivity contribution in [2.75, 3.05) is 12.3 Å². The lowest BCUT2D eigenvalue weighted by Crippen LogP contribution is -2.03. The van der Waals surface area contributed by atoms with Gasteiger partial charge < -0.3 is 15.6 Å². The van der Waals surface area contributed by atoms with Crippen molar-refractivity contribution in [3.05, 3.63) is 42.0 Å². The van der Waals surface area contributed by atoms with E-state index in [2.05, 4.69) is 11.3 Å². The highest BCUT2D eigenvalue weighted by Gasteiger charge is 1.99. The van der Waals surface area contributed by atoms with E-state index >= 15 is 0 Å². The third-order valence-electron chi connectivity index (χ3n) is 1.78. The van der Waals surface area contributed by atoms with E-state index in [0.717, 1.165) is 0 Å². The molecule has 5 nitrogen and oxygen atoms in total. The van der Waals surface area contributed by atoms with Crippen LogP contribution in [0, 0.1) is 0 Å². The molecule has 0 radical (unpaired) electrons. The minimum atomic E-state index is -0.931. The Balaban J connectivity index is 0.000000331. The monoisotopic (exact) mass is 251 g/mol. The van der Waals surface area contributed by atoms with Crippen LogP contribution < -0.4 is 5.73 Å². The Labute approximate surface area is 106 Å². The van der Waals surface area contributed by atoms with Crippen LogP contribution in [0.2, 0.25) is 0 Å². The lowest BCUT2D eigenvalue weighted by molar-refractivity contribution is -0.138. The van der Waals surface area contributed by atoms with Gasteiger partial charge in [-0.1, -0.05) is 6.58 Å². The number of carbonyl (C=O) groups excluding carboxylic acids is 1.